The maximum atomic E-state index is 12.1. The minimum atomic E-state index is -0.116. The molecular formula is C20H19ClN4O2. The van der Waals surface area contributed by atoms with Gasteiger partial charge in [-0.25, -0.2) is 9.97 Å². The van der Waals surface area contributed by atoms with E-state index in [2.05, 4.69) is 15.3 Å². The summed E-state index contributed by atoms with van der Waals surface area (Å²) in [6.07, 6.45) is 9.44. The number of nitrogens with zero attached hydrogens (tertiary/aromatic N) is 3. The molecule has 1 amide bonds. The second-order valence-electron chi connectivity index (χ2n) is 6.31. The fourth-order valence-electron chi connectivity index (χ4n) is 2.97. The van der Waals surface area contributed by atoms with E-state index in [1.54, 1.807) is 18.2 Å². The Hall–Kier alpha value is -2.91. The number of carbonyl (C=O) groups excluding carboxylic acids is 1. The number of amides is 1. The summed E-state index contributed by atoms with van der Waals surface area (Å²) in [5, 5.41) is 12.7. The molecule has 3 rings (SSSR count). The van der Waals surface area contributed by atoms with Crippen LogP contribution in [0, 0.1) is 11.3 Å². The number of carbonyl (C=O) groups is 1. The zero-order valence-electron chi connectivity index (χ0n) is 14.6. The van der Waals surface area contributed by atoms with Gasteiger partial charge in [0, 0.05) is 29.5 Å². The third-order valence-corrected chi connectivity index (χ3v) is 4.62. The number of hydrogen-bond donors (Lipinski definition) is 1. The number of halogens is 1. The molecule has 1 fully saturated rings. The summed E-state index contributed by atoms with van der Waals surface area (Å²) in [6.45, 7) is 0. The highest BCUT2D eigenvalue weighted by Gasteiger charge is 2.24. The maximum Gasteiger partial charge on any atom is 0.251 e. The van der Waals surface area contributed by atoms with Crippen LogP contribution >= 0.6 is 11.6 Å². The second-order valence-corrected chi connectivity index (χ2v) is 6.74. The number of nitrogens with one attached hydrogen (secondary N) is 1. The van der Waals surface area contributed by atoms with E-state index in [9.17, 15) is 4.79 Å². The van der Waals surface area contributed by atoms with Gasteiger partial charge in [0.1, 0.15) is 12.2 Å². The number of rotatable bonds is 5. The Labute approximate surface area is 162 Å². The largest absolute Gasteiger partial charge is 0.472 e. The lowest BCUT2D eigenvalue weighted by Crippen LogP contribution is -2.39. The van der Waals surface area contributed by atoms with Crippen molar-refractivity contribution in [1.29, 1.82) is 5.26 Å². The van der Waals surface area contributed by atoms with Gasteiger partial charge in [-0.05, 0) is 49.5 Å². The second kappa shape index (κ2) is 9.15. The lowest BCUT2D eigenvalue weighted by atomic mass is 9.93. The highest BCUT2D eigenvalue weighted by Crippen LogP contribution is 2.24. The highest BCUT2D eigenvalue weighted by atomic mass is 35.5. The number of nitriles is 1. The van der Waals surface area contributed by atoms with E-state index in [0.717, 1.165) is 31.2 Å². The van der Waals surface area contributed by atoms with Crippen molar-refractivity contribution in [3.63, 3.8) is 0 Å². The van der Waals surface area contributed by atoms with Crippen molar-refractivity contribution < 1.29 is 9.53 Å². The lowest BCUT2D eigenvalue weighted by Gasteiger charge is -2.28. The molecule has 1 aliphatic rings. The minimum Gasteiger partial charge on any atom is -0.472 e. The zero-order chi connectivity index (χ0) is 19.1. The van der Waals surface area contributed by atoms with Gasteiger partial charge in [-0.15, -0.1) is 0 Å². The van der Waals surface area contributed by atoms with Crippen molar-refractivity contribution >= 4 is 23.6 Å². The monoisotopic (exact) mass is 382 g/mol. The molecule has 0 spiro atoms. The SMILES string of the molecule is N#Cc1nccnc1OC1CCC(NC(=O)/C=C/c2ccc(Cl)cc2)CC1. The van der Waals surface area contributed by atoms with Gasteiger partial charge in [0.2, 0.25) is 11.6 Å². The summed E-state index contributed by atoms with van der Waals surface area (Å²) in [5.74, 6) is 0.161. The predicted octanol–water partition coefficient (Wildman–Crippen LogP) is 3.52. The molecule has 1 aliphatic carbocycles. The number of benzene rings is 1. The van der Waals surface area contributed by atoms with E-state index in [0.29, 0.717) is 5.02 Å². The van der Waals surface area contributed by atoms with Crippen molar-refractivity contribution in [2.75, 3.05) is 0 Å². The van der Waals surface area contributed by atoms with Crippen LogP contribution in [0.4, 0.5) is 0 Å². The Bertz CT molecular complexity index is 853. The summed E-state index contributed by atoms with van der Waals surface area (Å²) >= 11 is 5.85. The van der Waals surface area contributed by atoms with E-state index in [1.165, 1.54) is 18.5 Å². The predicted molar refractivity (Wildman–Crippen MR) is 102 cm³/mol. The molecular weight excluding hydrogens is 364 g/mol. The molecule has 0 bridgehead atoms. The van der Waals surface area contributed by atoms with Crippen LogP contribution in [-0.2, 0) is 4.79 Å². The summed E-state index contributed by atoms with van der Waals surface area (Å²) in [4.78, 5) is 20.1. The van der Waals surface area contributed by atoms with Crippen LogP contribution in [0.25, 0.3) is 6.08 Å². The molecule has 1 heterocycles. The molecule has 0 radical (unpaired) electrons. The van der Waals surface area contributed by atoms with Gasteiger partial charge in [-0.3, -0.25) is 4.79 Å². The van der Waals surface area contributed by atoms with Gasteiger partial charge in [-0.2, -0.15) is 5.26 Å². The number of ether oxygens (including phenoxy) is 1. The van der Waals surface area contributed by atoms with Crippen LogP contribution in [0.2, 0.25) is 5.02 Å². The van der Waals surface area contributed by atoms with Gasteiger partial charge in [0.25, 0.3) is 5.88 Å². The van der Waals surface area contributed by atoms with Crippen molar-refractivity contribution in [3.05, 3.63) is 59.0 Å². The molecule has 7 heteroatoms. The minimum absolute atomic E-state index is 0.0217. The normalized spacial score (nSPS) is 19.4. The maximum absolute atomic E-state index is 12.1. The molecule has 138 valence electrons. The summed E-state index contributed by atoms with van der Waals surface area (Å²) in [5.41, 5.74) is 1.11. The average molecular weight is 383 g/mol. The molecule has 1 saturated carbocycles. The molecule has 1 aromatic carbocycles. The first-order valence-electron chi connectivity index (χ1n) is 8.76. The Kier molecular flexibility index (Phi) is 6.39. The molecule has 0 aliphatic heterocycles. The molecule has 6 nitrogen and oxygen atoms in total. The zero-order valence-corrected chi connectivity index (χ0v) is 15.4. The van der Waals surface area contributed by atoms with Crippen LogP contribution in [0.1, 0.15) is 36.9 Å². The molecule has 2 aromatic rings. The topological polar surface area (TPSA) is 87.9 Å². The third kappa shape index (κ3) is 5.53. The molecule has 1 aromatic heterocycles. The Morgan fingerprint density at radius 2 is 1.89 bits per heavy atom. The standard InChI is InChI=1S/C20H19ClN4O2/c21-15-4-1-14(2-5-15)3-10-19(26)25-16-6-8-17(9-7-16)27-20-18(13-22)23-11-12-24-20/h1-5,10-12,16-17H,6-9H2,(H,25,26)/b10-3+. The van der Waals surface area contributed by atoms with Crippen molar-refractivity contribution in [2.24, 2.45) is 0 Å². The number of hydrogen-bond acceptors (Lipinski definition) is 5. The van der Waals surface area contributed by atoms with Gasteiger partial charge in [0.05, 0.1) is 0 Å². The van der Waals surface area contributed by atoms with Crippen LogP contribution in [0.15, 0.2) is 42.7 Å². The van der Waals surface area contributed by atoms with E-state index in [1.807, 2.05) is 18.2 Å². The smallest absolute Gasteiger partial charge is 0.251 e. The third-order valence-electron chi connectivity index (χ3n) is 4.37. The van der Waals surface area contributed by atoms with Gasteiger partial charge < -0.3 is 10.1 Å². The van der Waals surface area contributed by atoms with Crippen LogP contribution < -0.4 is 10.1 Å². The first-order valence-corrected chi connectivity index (χ1v) is 9.14. The van der Waals surface area contributed by atoms with Gasteiger partial charge in [-0.1, -0.05) is 23.7 Å². The highest BCUT2D eigenvalue weighted by molar-refractivity contribution is 6.30. The molecule has 0 saturated heterocycles. The molecule has 0 atom stereocenters. The van der Waals surface area contributed by atoms with Gasteiger partial charge >= 0.3 is 0 Å². The van der Waals surface area contributed by atoms with Gasteiger partial charge in [0.15, 0.2) is 0 Å². The van der Waals surface area contributed by atoms with E-state index < -0.39 is 0 Å². The van der Waals surface area contributed by atoms with Crippen LogP contribution in [-0.4, -0.2) is 28.0 Å². The Morgan fingerprint density at radius 3 is 2.59 bits per heavy atom. The molecule has 1 N–H and O–H groups in total. The lowest BCUT2D eigenvalue weighted by molar-refractivity contribution is -0.117. The summed E-state index contributed by atoms with van der Waals surface area (Å²) in [6, 6.07) is 9.38. The molecule has 27 heavy (non-hydrogen) atoms. The first-order chi connectivity index (χ1) is 13.1. The van der Waals surface area contributed by atoms with Crippen LogP contribution in [0.3, 0.4) is 0 Å². The number of aromatic nitrogens is 2. The van der Waals surface area contributed by atoms with E-state index >= 15 is 0 Å². The quantitative estimate of drug-likeness (QED) is 0.799. The van der Waals surface area contributed by atoms with Crippen molar-refractivity contribution in [3.8, 4) is 11.9 Å². The van der Waals surface area contributed by atoms with Crippen molar-refractivity contribution in [1.82, 2.24) is 15.3 Å². The van der Waals surface area contributed by atoms with Crippen LogP contribution in [0.5, 0.6) is 5.88 Å². The molecule has 0 unspecified atom stereocenters. The van der Waals surface area contributed by atoms with E-state index in [4.69, 9.17) is 21.6 Å². The fourth-order valence-corrected chi connectivity index (χ4v) is 3.09. The summed E-state index contributed by atoms with van der Waals surface area (Å²) < 4.78 is 5.81. The Morgan fingerprint density at radius 1 is 1.19 bits per heavy atom. The average Bonchev–Trinajstić information content (AvgIpc) is 2.69. The van der Waals surface area contributed by atoms with Crippen molar-refractivity contribution in [2.45, 2.75) is 37.8 Å². The van der Waals surface area contributed by atoms with E-state index in [-0.39, 0.29) is 29.6 Å². The summed E-state index contributed by atoms with van der Waals surface area (Å²) in [7, 11) is 0. The first kappa shape index (κ1) is 18.9. The Balaban J connectivity index is 1.46. The fraction of sp³-hybridized carbons (Fsp3) is 0.300.